The van der Waals surface area contributed by atoms with Gasteiger partial charge in [-0.2, -0.15) is 0 Å². The van der Waals surface area contributed by atoms with Crippen molar-refractivity contribution in [3.05, 3.63) is 152 Å². The Bertz CT molecular complexity index is 2760. The van der Waals surface area contributed by atoms with Crippen molar-refractivity contribution in [1.82, 2.24) is 4.57 Å². The number of rotatable bonds is 3. The van der Waals surface area contributed by atoms with Crippen LogP contribution in [0.25, 0.3) is 93.6 Å². The maximum absolute atomic E-state index is 6.60. The minimum atomic E-state index is 0.887. The molecule has 3 heterocycles. The van der Waals surface area contributed by atoms with Gasteiger partial charge in [0, 0.05) is 43.6 Å². The topological polar surface area (TPSA) is 31.2 Å². The monoisotopic (exact) mass is 575 g/mol. The summed E-state index contributed by atoms with van der Waals surface area (Å²) in [7, 11) is 0. The van der Waals surface area contributed by atoms with Gasteiger partial charge in [-0.05, 0) is 77.4 Å². The van der Waals surface area contributed by atoms with Crippen LogP contribution < -0.4 is 0 Å². The van der Waals surface area contributed by atoms with Gasteiger partial charge in [0.25, 0.3) is 0 Å². The van der Waals surface area contributed by atoms with Gasteiger partial charge in [0.05, 0.1) is 11.0 Å². The Balaban J connectivity index is 1.14. The SMILES string of the molecule is c1ccc(-n2c3ccccc3c3cc(-c4cccc5c4oc4ccc(-c6ccc7oc8ccccc8c7c6)cc45)ccc32)cc1. The third-order valence-corrected chi connectivity index (χ3v) is 9.20. The van der Waals surface area contributed by atoms with Crippen LogP contribution in [0.4, 0.5) is 0 Å². The van der Waals surface area contributed by atoms with E-state index in [0.29, 0.717) is 0 Å². The van der Waals surface area contributed by atoms with Gasteiger partial charge in [0.2, 0.25) is 0 Å². The number of benzene rings is 7. The molecule has 0 bridgehead atoms. The molecule has 0 unspecified atom stereocenters. The fraction of sp³-hybridized carbons (Fsp3) is 0. The van der Waals surface area contributed by atoms with E-state index in [-0.39, 0.29) is 0 Å². The fourth-order valence-corrected chi connectivity index (χ4v) is 7.11. The molecule has 10 rings (SSSR count). The molecule has 45 heavy (non-hydrogen) atoms. The third-order valence-electron chi connectivity index (χ3n) is 9.20. The van der Waals surface area contributed by atoms with Crippen LogP contribution >= 0.6 is 0 Å². The Morgan fingerprint density at radius 3 is 1.80 bits per heavy atom. The number of para-hydroxylation sites is 4. The van der Waals surface area contributed by atoms with Crippen LogP contribution in [-0.2, 0) is 0 Å². The molecule has 0 saturated carbocycles. The minimum Gasteiger partial charge on any atom is -0.456 e. The molecule has 0 amide bonds. The number of aromatic nitrogens is 1. The van der Waals surface area contributed by atoms with E-state index in [9.17, 15) is 0 Å². The summed E-state index contributed by atoms with van der Waals surface area (Å²) in [4.78, 5) is 0. The number of hydrogen-bond acceptors (Lipinski definition) is 2. The maximum Gasteiger partial charge on any atom is 0.143 e. The van der Waals surface area contributed by atoms with Crippen molar-refractivity contribution in [2.75, 3.05) is 0 Å². The lowest BCUT2D eigenvalue weighted by Gasteiger charge is -2.08. The number of nitrogens with zero attached hydrogens (tertiary/aromatic N) is 1. The summed E-state index contributed by atoms with van der Waals surface area (Å²) in [5.74, 6) is 0. The number of fused-ring (bicyclic) bond motifs is 9. The summed E-state index contributed by atoms with van der Waals surface area (Å²) >= 11 is 0. The zero-order valence-electron chi connectivity index (χ0n) is 24.2. The van der Waals surface area contributed by atoms with E-state index in [2.05, 4.69) is 144 Å². The zero-order chi connectivity index (χ0) is 29.5. The van der Waals surface area contributed by atoms with Gasteiger partial charge < -0.3 is 13.4 Å². The standard InChI is InChI=1S/C42H25NO2/c1-2-9-29(10-3-1)43-37-15-6-4-11-31(37)34-25-28(17-20-38(34)43)30-13-8-14-33-36-24-27(19-22-41(36)45-42(30)33)26-18-21-40-35(23-26)32-12-5-7-16-39(32)44-40/h1-25H. The van der Waals surface area contributed by atoms with Crippen LogP contribution in [0.5, 0.6) is 0 Å². The highest BCUT2D eigenvalue weighted by atomic mass is 16.3. The molecule has 0 aliphatic rings. The Labute approximate surface area is 258 Å². The van der Waals surface area contributed by atoms with Crippen LogP contribution in [-0.4, -0.2) is 4.57 Å². The van der Waals surface area contributed by atoms with Crippen LogP contribution in [0.3, 0.4) is 0 Å². The molecule has 210 valence electrons. The van der Waals surface area contributed by atoms with E-state index in [4.69, 9.17) is 8.83 Å². The van der Waals surface area contributed by atoms with Crippen LogP contribution in [0.15, 0.2) is 160 Å². The molecule has 3 nitrogen and oxygen atoms in total. The lowest BCUT2D eigenvalue weighted by molar-refractivity contribution is 0.669. The first-order valence-corrected chi connectivity index (χ1v) is 15.3. The van der Waals surface area contributed by atoms with Crippen molar-refractivity contribution in [2.24, 2.45) is 0 Å². The molecule has 0 aliphatic heterocycles. The molecule has 10 aromatic rings. The molecule has 0 spiro atoms. The van der Waals surface area contributed by atoms with E-state index in [0.717, 1.165) is 71.8 Å². The first-order valence-electron chi connectivity index (χ1n) is 15.3. The smallest absolute Gasteiger partial charge is 0.143 e. The van der Waals surface area contributed by atoms with Crippen molar-refractivity contribution in [2.45, 2.75) is 0 Å². The summed E-state index contributed by atoms with van der Waals surface area (Å²) in [5, 5.41) is 6.96. The normalized spacial score (nSPS) is 12.0. The highest BCUT2D eigenvalue weighted by Crippen LogP contribution is 2.41. The van der Waals surface area contributed by atoms with Crippen LogP contribution in [0.1, 0.15) is 0 Å². The number of furan rings is 2. The third kappa shape index (κ3) is 3.58. The second-order valence-corrected chi connectivity index (χ2v) is 11.7. The predicted molar refractivity (Wildman–Crippen MR) is 186 cm³/mol. The second-order valence-electron chi connectivity index (χ2n) is 11.7. The number of hydrogen-bond donors (Lipinski definition) is 0. The summed E-state index contributed by atoms with van der Waals surface area (Å²) in [5.41, 5.74) is 11.7. The van der Waals surface area contributed by atoms with E-state index >= 15 is 0 Å². The zero-order valence-corrected chi connectivity index (χ0v) is 24.2. The first kappa shape index (κ1) is 24.4. The molecule has 0 N–H and O–H groups in total. The molecule has 0 aliphatic carbocycles. The average Bonchev–Trinajstić information content (AvgIpc) is 3.77. The summed E-state index contributed by atoms with van der Waals surface area (Å²) < 4.78 is 15.0. The minimum absolute atomic E-state index is 0.887. The van der Waals surface area contributed by atoms with Crippen LogP contribution in [0, 0.1) is 0 Å². The van der Waals surface area contributed by atoms with E-state index in [1.54, 1.807) is 0 Å². The second kappa shape index (κ2) is 9.22. The lowest BCUT2D eigenvalue weighted by atomic mass is 9.98. The van der Waals surface area contributed by atoms with E-state index in [1.807, 2.05) is 12.1 Å². The molecule has 0 atom stereocenters. The Morgan fingerprint density at radius 2 is 0.956 bits per heavy atom. The first-order chi connectivity index (χ1) is 22.3. The molecular weight excluding hydrogens is 550 g/mol. The Hall–Kier alpha value is -6.06. The van der Waals surface area contributed by atoms with Gasteiger partial charge in [-0.25, -0.2) is 0 Å². The van der Waals surface area contributed by atoms with Crippen LogP contribution in [0.2, 0.25) is 0 Å². The molecule has 0 radical (unpaired) electrons. The van der Waals surface area contributed by atoms with Gasteiger partial charge in [-0.3, -0.25) is 0 Å². The fourth-order valence-electron chi connectivity index (χ4n) is 7.11. The molecule has 3 heteroatoms. The summed E-state index contributed by atoms with van der Waals surface area (Å²) in [6.45, 7) is 0. The molecule has 3 aromatic heterocycles. The van der Waals surface area contributed by atoms with Crippen molar-refractivity contribution in [1.29, 1.82) is 0 Å². The van der Waals surface area contributed by atoms with Crippen molar-refractivity contribution in [3.8, 4) is 27.9 Å². The Morgan fingerprint density at radius 1 is 0.356 bits per heavy atom. The molecule has 0 saturated heterocycles. The van der Waals surface area contributed by atoms with Gasteiger partial charge in [-0.15, -0.1) is 0 Å². The predicted octanol–water partition coefficient (Wildman–Crippen LogP) is 11.9. The van der Waals surface area contributed by atoms with E-state index < -0.39 is 0 Å². The molecule has 0 fully saturated rings. The largest absolute Gasteiger partial charge is 0.456 e. The lowest BCUT2D eigenvalue weighted by Crippen LogP contribution is -1.92. The van der Waals surface area contributed by atoms with Gasteiger partial charge in [-0.1, -0.05) is 91.0 Å². The van der Waals surface area contributed by atoms with Gasteiger partial charge >= 0.3 is 0 Å². The average molecular weight is 576 g/mol. The van der Waals surface area contributed by atoms with E-state index in [1.165, 1.54) is 21.8 Å². The summed E-state index contributed by atoms with van der Waals surface area (Å²) in [6.07, 6.45) is 0. The highest BCUT2D eigenvalue weighted by molar-refractivity contribution is 6.14. The molecular formula is C42H25NO2. The van der Waals surface area contributed by atoms with Crippen molar-refractivity contribution in [3.63, 3.8) is 0 Å². The Kier molecular flexibility index (Phi) is 5.00. The maximum atomic E-state index is 6.60. The molecule has 7 aromatic carbocycles. The van der Waals surface area contributed by atoms with Crippen molar-refractivity contribution >= 4 is 65.7 Å². The highest BCUT2D eigenvalue weighted by Gasteiger charge is 2.17. The van der Waals surface area contributed by atoms with Gasteiger partial charge in [0.15, 0.2) is 0 Å². The quantitative estimate of drug-likeness (QED) is 0.210. The van der Waals surface area contributed by atoms with Gasteiger partial charge in [0.1, 0.15) is 22.3 Å². The van der Waals surface area contributed by atoms with Crippen molar-refractivity contribution < 1.29 is 8.83 Å². The summed E-state index contributed by atoms with van der Waals surface area (Å²) in [6, 6.07) is 53.6.